The van der Waals surface area contributed by atoms with Crippen LogP contribution in [-0.4, -0.2) is 51.9 Å². The minimum absolute atomic E-state index is 0.00848. The highest BCUT2D eigenvalue weighted by atomic mass is 19.4. The van der Waals surface area contributed by atoms with Crippen LogP contribution in [0.2, 0.25) is 0 Å². The number of nitrogens with two attached hydrogens (primary N) is 2. The fourth-order valence-electron chi connectivity index (χ4n) is 5.02. The molecule has 0 radical (unpaired) electrons. The number of nitrogens with zero attached hydrogens (tertiary/aromatic N) is 2. The summed E-state index contributed by atoms with van der Waals surface area (Å²) in [6, 6.07) is 3.11. The largest absolute Gasteiger partial charge is 0.417 e. The van der Waals surface area contributed by atoms with Gasteiger partial charge in [-0.3, -0.25) is 19.4 Å². The Morgan fingerprint density at radius 2 is 1.74 bits per heavy atom. The van der Waals surface area contributed by atoms with Crippen molar-refractivity contribution in [1.29, 1.82) is 0 Å². The van der Waals surface area contributed by atoms with Gasteiger partial charge in [0.25, 0.3) is 17.4 Å². The first-order valence-electron chi connectivity index (χ1n) is 12.7. The zero-order valence-corrected chi connectivity index (χ0v) is 20.9. The zero-order valence-electron chi connectivity index (χ0n) is 20.9. The van der Waals surface area contributed by atoms with Gasteiger partial charge in [0.2, 0.25) is 5.95 Å². The smallest absolute Gasteiger partial charge is 0.365 e. The number of hydrogen-bond acceptors (Lipinski definition) is 7. The van der Waals surface area contributed by atoms with Gasteiger partial charge in [-0.1, -0.05) is 19.3 Å². The molecule has 38 heavy (non-hydrogen) atoms. The second kappa shape index (κ2) is 11.0. The van der Waals surface area contributed by atoms with Crippen LogP contribution in [0, 0.1) is 0 Å². The van der Waals surface area contributed by atoms with Crippen LogP contribution in [0.4, 0.5) is 30.6 Å². The summed E-state index contributed by atoms with van der Waals surface area (Å²) in [4.78, 5) is 45.5. The summed E-state index contributed by atoms with van der Waals surface area (Å²) in [5, 5.41) is 5.58. The van der Waals surface area contributed by atoms with Crippen molar-refractivity contribution in [2.75, 3.05) is 30.3 Å². The highest BCUT2D eigenvalue weighted by Crippen LogP contribution is 2.35. The lowest BCUT2D eigenvalue weighted by Gasteiger charge is -2.33. The lowest BCUT2D eigenvalue weighted by molar-refractivity contribution is -0.138. The maximum absolute atomic E-state index is 14.0. The molecule has 0 spiro atoms. The van der Waals surface area contributed by atoms with Gasteiger partial charge in [0, 0.05) is 30.9 Å². The number of anilines is 3. The molecule has 2 aromatic rings. The molecule has 1 aromatic carbocycles. The van der Waals surface area contributed by atoms with Crippen LogP contribution in [0.1, 0.15) is 77.6 Å². The van der Waals surface area contributed by atoms with E-state index in [9.17, 15) is 27.6 Å². The Kier molecular flexibility index (Phi) is 7.95. The Morgan fingerprint density at radius 3 is 2.37 bits per heavy atom. The molecule has 2 amide bonds. The number of carbonyl (C=O) groups is 2. The predicted octanol–water partition coefficient (Wildman–Crippen LogP) is 3.33. The number of primary amides is 1. The van der Waals surface area contributed by atoms with Crippen molar-refractivity contribution in [1.82, 2.24) is 14.9 Å². The first-order chi connectivity index (χ1) is 18.0. The van der Waals surface area contributed by atoms with Crippen LogP contribution < -0.4 is 27.7 Å². The summed E-state index contributed by atoms with van der Waals surface area (Å²) in [6.45, 7) is 1.10. The zero-order chi connectivity index (χ0) is 27.5. The lowest BCUT2D eigenvalue weighted by Crippen LogP contribution is -2.48. The van der Waals surface area contributed by atoms with E-state index in [1.165, 1.54) is 11.0 Å². The molecule has 2 heterocycles. The molecule has 0 bridgehead atoms. The molecule has 1 saturated heterocycles. The van der Waals surface area contributed by atoms with Crippen molar-refractivity contribution in [2.24, 2.45) is 11.5 Å². The minimum Gasteiger partial charge on any atom is -0.365 e. The van der Waals surface area contributed by atoms with E-state index in [0.29, 0.717) is 19.6 Å². The van der Waals surface area contributed by atoms with E-state index in [-0.39, 0.29) is 17.5 Å². The van der Waals surface area contributed by atoms with Gasteiger partial charge >= 0.3 is 6.18 Å². The van der Waals surface area contributed by atoms with Crippen LogP contribution in [0.25, 0.3) is 0 Å². The van der Waals surface area contributed by atoms with Crippen molar-refractivity contribution in [3.8, 4) is 0 Å². The van der Waals surface area contributed by atoms with Crippen LogP contribution >= 0.6 is 0 Å². The maximum atomic E-state index is 14.0. The molecule has 1 saturated carbocycles. The van der Waals surface area contributed by atoms with Crippen molar-refractivity contribution < 1.29 is 22.8 Å². The number of aromatic nitrogens is 2. The molecule has 1 aliphatic heterocycles. The fourth-order valence-corrected chi connectivity index (χ4v) is 5.02. The van der Waals surface area contributed by atoms with Crippen molar-refractivity contribution >= 4 is 29.3 Å². The maximum Gasteiger partial charge on any atom is 0.417 e. The number of rotatable bonds is 7. The number of H-pyrrole nitrogens is 1. The summed E-state index contributed by atoms with van der Waals surface area (Å²) < 4.78 is 41.9. The molecular formula is C25H32F3N7O3. The SMILES string of the molecule is NC(=O)c1c(Nc2ccc(C(=O)N3CCCCC3)c(C(F)(F)F)c2)nc(NCC2(N)CCCCC2)[nH]c1=O. The molecule has 2 fully saturated rings. The van der Waals surface area contributed by atoms with Gasteiger partial charge in [-0.2, -0.15) is 18.2 Å². The number of alkyl halides is 3. The number of likely N-dealkylation sites (tertiary alicyclic amines) is 1. The van der Waals surface area contributed by atoms with Crippen LogP contribution in [0.15, 0.2) is 23.0 Å². The summed E-state index contributed by atoms with van der Waals surface area (Å²) in [6.07, 6.45) is 2.20. The van der Waals surface area contributed by atoms with Crippen LogP contribution in [0.5, 0.6) is 0 Å². The molecule has 10 nitrogen and oxygen atoms in total. The van der Waals surface area contributed by atoms with Gasteiger partial charge in [0.05, 0.1) is 11.1 Å². The highest BCUT2D eigenvalue weighted by molar-refractivity contribution is 5.99. The van der Waals surface area contributed by atoms with Crippen molar-refractivity contribution in [3.63, 3.8) is 0 Å². The van der Waals surface area contributed by atoms with Crippen molar-refractivity contribution in [2.45, 2.75) is 63.1 Å². The van der Waals surface area contributed by atoms with Gasteiger partial charge < -0.3 is 27.0 Å². The van der Waals surface area contributed by atoms with Gasteiger partial charge in [0.15, 0.2) is 5.82 Å². The molecule has 1 aliphatic carbocycles. The van der Waals surface area contributed by atoms with E-state index in [0.717, 1.165) is 63.5 Å². The third-order valence-corrected chi connectivity index (χ3v) is 7.08. The molecule has 4 rings (SSSR count). The average Bonchev–Trinajstić information content (AvgIpc) is 2.87. The number of carbonyl (C=O) groups excluding carboxylic acids is 2. The first kappa shape index (κ1) is 27.4. The van der Waals surface area contributed by atoms with E-state index in [1.807, 2.05) is 0 Å². The molecule has 7 N–H and O–H groups in total. The predicted molar refractivity (Wildman–Crippen MR) is 136 cm³/mol. The van der Waals surface area contributed by atoms with Gasteiger partial charge in [-0.05, 0) is 50.3 Å². The number of nitrogens with one attached hydrogen (secondary N) is 3. The molecular weight excluding hydrogens is 503 g/mol. The summed E-state index contributed by atoms with van der Waals surface area (Å²) in [5.74, 6) is -2.13. The normalized spacial score (nSPS) is 17.6. The van der Waals surface area contributed by atoms with E-state index < -0.39 is 45.8 Å². The molecule has 206 valence electrons. The molecule has 2 aliphatic rings. The summed E-state index contributed by atoms with van der Waals surface area (Å²) in [7, 11) is 0. The van der Waals surface area contributed by atoms with E-state index in [2.05, 4.69) is 20.6 Å². The van der Waals surface area contributed by atoms with Gasteiger partial charge in [-0.25, -0.2) is 0 Å². The fraction of sp³-hybridized carbons (Fsp3) is 0.520. The van der Waals surface area contributed by atoms with E-state index >= 15 is 0 Å². The Labute approximate surface area is 217 Å². The van der Waals surface area contributed by atoms with E-state index in [1.54, 1.807) is 0 Å². The number of amides is 2. The van der Waals surface area contributed by atoms with E-state index in [4.69, 9.17) is 11.5 Å². The number of halogens is 3. The number of piperidine rings is 1. The summed E-state index contributed by atoms with van der Waals surface area (Å²) >= 11 is 0. The molecule has 0 unspecified atom stereocenters. The number of aromatic amines is 1. The molecule has 1 aromatic heterocycles. The molecule has 0 atom stereocenters. The Bertz CT molecular complexity index is 1250. The topological polar surface area (TPSA) is 159 Å². The van der Waals surface area contributed by atoms with Gasteiger partial charge in [0.1, 0.15) is 5.56 Å². The Morgan fingerprint density at radius 1 is 1.08 bits per heavy atom. The quantitative estimate of drug-likeness (QED) is 0.364. The average molecular weight is 536 g/mol. The van der Waals surface area contributed by atoms with Crippen molar-refractivity contribution in [3.05, 3.63) is 45.2 Å². The third kappa shape index (κ3) is 6.26. The van der Waals surface area contributed by atoms with Crippen LogP contribution in [-0.2, 0) is 6.18 Å². The highest BCUT2D eigenvalue weighted by Gasteiger charge is 2.37. The third-order valence-electron chi connectivity index (χ3n) is 7.08. The lowest BCUT2D eigenvalue weighted by atomic mass is 9.82. The molecule has 13 heteroatoms. The number of benzene rings is 1. The Balaban J connectivity index is 1.64. The van der Waals surface area contributed by atoms with Gasteiger partial charge in [-0.15, -0.1) is 0 Å². The second-order valence-corrected chi connectivity index (χ2v) is 10.0. The second-order valence-electron chi connectivity index (χ2n) is 10.0. The first-order valence-corrected chi connectivity index (χ1v) is 12.7. The summed E-state index contributed by atoms with van der Waals surface area (Å²) in [5.41, 5.74) is 8.16. The van der Waals surface area contributed by atoms with Crippen LogP contribution in [0.3, 0.4) is 0 Å². The number of hydrogen-bond donors (Lipinski definition) is 5. The minimum atomic E-state index is -4.82. The standard InChI is InChI=1S/C25H32F3N7O3/c26-25(27,28)17-13-15(7-8-16(17)22(38)35-11-5-2-6-12-35)32-20-18(19(29)36)21(37)34-23(33-20)31-14-24(30)9-3-1-4-10-24/h7-8,13H,1-6,9-12,14,30H2,(H2,29,36)(H3,31,32,33,34,37). The monoisotopic (exact) mass is 535 g/mol. The Hall–Kier alpha value is -3.61.